The van der Waals surface area contributed by atoms with E-state index in [1.807, 2.05) is 10.8 Å². The molecule has 1 unspecified atom stereocenters. The first-order valence-electron chi connectivity index (χ1n) is 8.37. The maximum atomic E-state index is 12.7. The summed E-state index contributed by atoms with van der Waals surface area (Å²) in [5, 5.41) is 3.04. The Morgan fingerprint density at radius 1 is 1.29 bits per heavy atom. The topological polar surface area (TPSA) is 50.2 Å². The second-order valence-corrected chi connectivity index (χ2v) is 6.21. The van der Waals surface area contributed by atoms with E-state index in [2.05, 4.69) is 22.1 Å². The molecule has 5 heteroatoms. The predicted molar refractivity (Wildman–Crippen MR) is 83.1 cm³/mol. The first-order valence-corrected chi connectivity index (χ1v) is 8.37. The van der Waals surface area contributed by atoms with Crippen molar-refractivity contribution in [1.29, 1.82) is 0 Å². The zero-order chi connectivity index (χ0) is 14.7. The minimum atomic E-state index is 0.0313. The van der Waals surface area contributed by atoms with Crippen LogP contribution < -0.4 is 5.32 Å². The molecule has 5 nitrogen and oxygen atoms in total. The molecule has 1 aromatic heterocycles. The Bertz CT molecular complexity index is 478. The van der Waals surface area contributed by atoms with E-state index in [1.54, 1.807) is 6.20 Å². The molecule has 0 spiro atoms. The summed E-state index contributed by atoms with van der Waals surface area (Å²) in [4.78, 5) is 19.4. The molecular formula is C16H26N4O. The Labute approximate surface area is 126 Å². The van der Waals surface area contributed by atoms with E-state index in [1.165, 1.54) is 32.1 Å². The van der Waals surface area contributed by atoms with Gasteiger partial charge in [-0.2, -0.15) is 0 Å². The lowest BCUT2D eigenvalue weighted by molar-refractivity contribution is -0.123. The molecule has 1 aromatic rings. The Morgan fingerprint density at radius 2 is 2.05 bits per heavy atom. The molecule has 21 heavy (non-hydrogen) atoms. The van der Waals surface area contributed by atoms with Crippen LogP contribution >= 0.6 is 0 Å². The van der Waals surface area contributed by atoms with Gasteiger partial charge < -0.3 is 4.57 Å². The summed E-state index contributed by atoms with van der Waals surface area (Å²) in [6.45, 7) is 3.96. The molecule has 2 fully saturated rings. The van der Waals surface area contributed by atoms with Crippen LogP contribution in [0.15, 0.2) is 12.4 Å². The number of amides is 1. The number of rotatable bonds is 4. The van der Waals surface area contributed by atoms with Crippen LogP contribution in [0.4, 0.5) is 5.95 Å². The number of anilines is 1. The van der Waals surface area contributed by atoms with Gasteiger partial charge in [0.2, 0.25) is 11.9 Å². The lowest BCUT2D eigenvalue weighted by atomic mass is 9.98. The van der Waals surface area contributed by atoms with Gasteiger partial charge in [0.15, 0.2) is 0 Å². The monoisotopic (exact) mass is 290 g/mol. The molecule has 0 bridgehead atoms. The number of carbonyl (C=O) groups excluding carboxylic acids is 1. The standard InChI is InChI=1S/C16H26N4O/c1-2-19-12-10-17-16(19)18-15(21)14-9-5-6-11-20(14)13-7-3-4-8-13/h10,12-14H,2-9,11H2,1H3,(H,17,18,21). The third kappa shape index (κ3) is 3.12. The number of aryl methyl sites for hydroxylation is 1. The summed E-state index contributed by atoms with van der Waals surface area (Å²) >= 11 is 0. The maximum absolute atomic E-state index is 12.7. The fourth-order valence-electron chi connectivity index (χ4n) is 3.79. The second kappa shape index (κ2) is 6.60. The van der Waals surface area contributed by atoms with Gasteiger partial charge in [0, 0.05) is 25.0 Å². The number of hydrogen-bond acceptors (Lipinski definition) is 3. The molecule has 3 rings (SSSR count). The Morgan fingerprint density at radius 3 is 2.81 bits per heavy atom. The Kier molecular flexibility index (Phi) is 4.58. The number of carbonyl (C=O) groups is 1. The van der Waals surface area contributed by atoms with Crippen LogP contribution in [0.3, 0.4) is 0 Å². The van der Waals surface area contributed by atoms with Gasteiger partial charge in [-0.05, 0) is 39.2 Å². The normalized spacial score (nSPS) is 24.3. The number of hydrogen-bond donors (Lipinski definition) is 1. The summed E-state index contributed by atoms with van der Waals surface area (Å²) in [5.41, 5.74) is 0. The maximum Gasteiger partial charge on any atom is 0.244 e. The van der Waals surface area contributed by atoms with Crippen molar-refractivity contribution in [3.8, 4) is 0 Å². The van der Waals surface area contributed by atoms with Gasteiger partial charge >= 0.3 is 0 Å². The highest BCUT2D eigenvalue weighted by molar-refractivity contribution is 5.93. The van der Waals surface area contributed by atoms with E-state index in [0.29, 0.717) is 12.0 Å². The summed E-state index contributed by atoms with van der Waals surface area (Å²) in [7, 11) is 0. The molecule has 2 aliphatic rings. The fraction of sp³-hybridized carbons (Fsp3) is 0.750. The zero-order valence-electron chi connectivity index (χ0n) is 12.9. The van der Waals surface area contributed by atoms with Crippen LogP contribution in [0.1, 0.15) is 51.9 Å². The average molecular weight is 290 g/mol. The minimum absolute atomic E-state index is 0.0313. The molecule has 1 aliphatic carbocycles. The van der Waals surface area contributed by atoms with E-state index < -0.39 is 0 Å². The molecular weight excluding hydrogens is 264 g/mol. The van der Waals surface area contributed by atoms with E-state index in [0.717, 1.165) is 25.9 Å². The third-order valence-electron chi connectivity index (χ3n) is 4.93. The Balaban J connectivity index is 1.69. The highest BCUT2D eigenvalue weighted by atomic mass is 16.2. The van der Waals surface area contributed by atoms with Gasteiger partial charge in [0.25, 0.3) is 0 Å². The average Bonchev–Trinajstić information content (AvgIpc) is 3.18. The van der Waals surface area contributed by atoms with E-state index in [4.69, 9.17) is 0 Å². The largest absolute Gasteiger partial charge is 0.317 e. The fourth-order valence-corrected chi connectivity index (χ4v) is 3.79. The van der Waals surface area contributed by atoms with Gasteiger partial charge in [-0.1, -0.05) is 19.3 Å². The van der Waals surface area contributed by atoms with Crippen molar-refractivity contribution in [3.63, 3.8) is 0 Å². The molecule has 1 saturated carbocycles. The molecule has 1 aliphatic heterocycles. The number of likely N-dealkylation sites (tertiary alicyclic amines) is 1. The van der Waals surface area contributed by atoms with E-state index >= 15 is 0 Å². The predicted octanol–water partition coefficient (Wildman–Crippen LogP) is 2.64. The molecule has 1 atom stereocenters. The number of nitrogens with one attached hydrogen (secondary N) is 1. The quantitative estimate of drug-likeness (QED) is 0.927. The van der Waals surface area contributed by atoms with Crippen molar-refractivity contribution < 1.29 is 4.79 Å². The van der Waals surface area contributed by atoms with Crippen LogP contribution in [0.2, 0.25) is 0 Å². The summed E-state index contributed by atoms with van der Waals surface area (Å²) < 4.78 is 1.97. The molecule has 2 heterocycles. The van der Waals surface area contributed by atoms with Gasteiger partial charge in [-0.3, -0.25) is 15.0 Å². The first-order chi connectivity index (χ1) is 10.3. The number of nitrogens with zero attached hydrogens (tertiary/aromatic N) is 3. The van der Waals surface area contributed by atoms with Crippen LogP contribution in [-0.4, -0.2) is 39.0 Å². The van der Waals surface area contributed by atoms with Crippen molar-refractivity contribution >= 4 is 11.9 Å². The van der Waals surface area contributed by atoms with Gasteiger partial charge in [0.1, 0.15) is 0 Å². The second-order valence-electron chi connectivity index (χ2n) is 6.21. The third-order valence-corrected chi connectivity index (χ3v) is 4.93. The van der Waals surface area contributed by atoms with Crippen molar-refractivity contribution in [2.45, 2.75) is 70.5 Å². The van der Waals surface area contributed by atoms with E-state index in [9.17, 15) is 4.79 Å². The zero-order valence-corrected chi connectivity index (χ0v) is 12.9. The van der Waals surface area contributed by atoms with Gasteiger partial charge in [-0.15, -0.1) is 0 Å². The highest BCUT2D eigenvalue weighted by Gasteiger charge is 2.34. The summed E-state index contributed by atoms with van der Waals surface area (Å²) in [6, 6.07) is 0.649. The molecule has 0 aromatic carbocycles. The van der Waals surface area contributed by atoms with Gasteiger partial charge in [-0.25, -0.2) is 4.98 Å². The van der Waals surface area contributed by atoms with Crippen molar-refractivity contribution in [1.82, 2.24) is 14.5 Å². The lowest BCUT2D eigenvalue weighted by Crippen LogP contribution is -2.51. The summed E-state index contributed by atoms with van der Waals surface area (Å²) in [5.74, 6) is 0.807. The highest BCUT2D eigenvalue weighted by Crippen LogP contribution is 2.29. The molecule has 0 radical (unpaired) electrons. The van der Waals surface area contributed by atoms with Crippen molar-refractivity contribution in [3.05, 3.63) is 12.4 Å². The van der Waals surface area contributed by atoms with Crippen LogP contribution in [0, 0.1) is 0 Å². The van der Waals surface area contributed by atoms with Crippen LogP contribution in [0.5, 0.6) is 0 Å². The summed E-state index contributed by atoms with van der Waals surface area (Å²) in [6.07, 6.45) is 12.2. The van der Waals surface area contributed by atoms with Crippen molar-refractivity contribution in [2.24, 2.45) is 0 Å². The lowest BCUT2D eigenvalue weighted by Gasteiger charge is -2.38. The minimum Gasteiger partial charge on any atom is -0.317 e. The SMILES string of the molecule is CCn1ccnc1NC(=O)C1CCCCN1C1CCCC1. The van der Waals surface area contributed by atoms with Crippen molar-refractivity contribution in [2.75, 3.05) is 11.9 Å². The smallest absolute Gasteiger partial charge is 0.244 e. The Hall–Kier alpha value is -1.36. The molecule has 1 saturated heterocycles. The van der Waals surface area contributed by atoms with Gasteiger partial charge in [0.05, 0.1) is 6.04 Å². The number of piperidine rings is 1. The number of imidazole rings is 1. The molecule has 1 amide bonds. The van der Waals surface area contributed by atoms with E-state index in [-0.39, 0.29) is 11.9 Å². The number of aromatic nitrogens is 2. The van der Waals surface area contributed by atoms with Crippen LogP contribution in [-0.2, 0) is 11.3 Å². The first kappa shape index (κ1) is 14.6. The van der Waals surface area contributed by atoms with Crippen LogP contribution in [0.25, 0.3) is 0 Å². The molecule has 116 valence electrons. The molecule has 1 N–H and O–H groups in total.